The largest absolute Gasteiger partial charge is 0.468 e. The molecule has 0 aromatic carbocycles. The average molecular weight is 264 g/mol. The lowest BCUT2D eigenvalue weighted by Gasteiger charge is -2.26. The normalized spacial score (nSPS) is 27.8. The Kier molecular flexibility index (Phi) is 2.88. The first-order valence-corrected chi connectivity index (χ1v) is 5.93. The van der Waals surface area contributed by atoms with Crippen molar-refractivity contribution in [1.29, 1.82) is 0 Å². The number of ether oxygens (including phenoxy) is 2. The molecular weight excluding hydrogens is 248 g/mol. The third kappa shape index (κ3) is 1.57. The number of methoxy groups -OCH3 is 2. The van der Waals surface area contributed by atoms with E-state index in [1.807, 2.05) is 6.92 Å². The lowest BCUT2D eigenvalue weighted by Crippen LogP contribution is -2.40. The van der Waals surface area contributed by atoms with Crippen molar-refractivity contribution < 1.29 is 23.9 Å². The summed E-state index contributed by atoms with van der Waals surface area (Å²) in [7, 11) is 2.47. The van der Waals surface area contributed by atoms with Crippen molar-refractivity contribution in [3.05, 3.63) is 23.8 Å². The number of hydrogen-bond donors (Lipinski definition) is 0. The van der Waals surface area contributed by atoms with Crippen LogP contribution in [0.15, 0.2) is 23.8 Å². The number of fused-ring (bicyclic) bond motifs is 1. The molecule has 0 saturated heterocycles. The molecule has 0 aromatic rings. The number of allylic oxidation sites excluding steroid dienone is 3. The fourth-order valence-corrected chi connectivity index (χ4v) is 3.09. The van der Waals surface area contributed by atoms with E-state index in [0.29, 0.717) is 5.57 Å². The van der Waals surface area contributed by atoms with Gasteiger partial charge in [0, 0.05) is 11.0 Å². The molecule has 0 heterocycles. The molecule has 19 heavy (non-hydrogen) atoms. The van der Waals surface area contributed by atoms with Gasteiger partial charge in [0.05, 0.1) is 14.2 Å². The van der Waals surface area contributed by atoms with E-state index in [1.54, 1.807) is 0 Å². The molecular formula is C14H16O5. The monoisotopic (exact) mass is 264 g/mol. The number of ketones is 1. The molecule has 0 aromatic heterocycles. The topological polar surface area (TPSA) is 69.7 Å². The molecule has 1 atom stereocenters. The summed E-state index contributed by atoms with van der Waals surface area (Å²) >= 11 is 0. The van der Waals surface area contributed by atoms with Gasteiger partial charge < -0.3 is 9.47 Å². The van der Waals surface area contributed by atoms with E-state index in [9.17, 15) is 14.4 Å². The summed E-state index contributed by atoms with van der Waals surface area (Å²) in [6.07, 6.45) is 1.78. The van der Waals surface area contributed by atoms with E-state index in [4.69, 9.17) is 9.47 Å². The standard InChI is InChI=1S/C14H16O5/c1-8-10(15)5-9-6-14(11(16)18-3,12(17)19-4)7-13(8,9)2/h5H,1,6-7H2,2-4H3. The highest BCUT2D eigenvalue weighted by atomic mass is 16.5. The van der Waals surface area contributed by atoms with Crippen molar-refractivity contribution in [3.63, 3.8) is 0 Å². The molecule has 0 spiro atoms. The summed E-state index contributed by atoms with van der Waals surface area (Å²) in [5.41, 5.74) is -0.858. The molecule has 5 nitrogen and oxygen atoms in total. The number of carbonyl (C=O) groups is 3. The quantitative estimate of drug-likeness (QED) is 0.425. The Morgan fingerprint density at radius 2 is 1.79 bits per heavy atom. The zero-order chi connectivity index (χ0) is 14.4. The van der Waals surface area contributed by atoms with Crippen LogP contribution in [0.5, 0.6) is 0 Å². The van der Waals surface area contributed by atoms with Crippen LogP contribution in [0, 0.1) is 10.8 Å². The van der Waals surface area contributed by atoms with Gasteiger partial charge in [-0.3, -0.25) is 14.4 Å². The lowest BCUT2D eigenvalue weighted by molar-refractivity contribution is -0.169. The third-order valence-electron chi connectivity index (χ3n) is 4.28. The highest BCUT2D eigenvalue weighted by Gasteiger charge is 2.62. The Morgan fingerprint density at radius 1 is 1.26 bits per heavy atom. The Balaban J connectivity index is 2.50. The van der Waals surface area contributed by atoms with E-state index in [1.165, 1.54) is 20.3 Å². The Labute approximate surface area is 111 Å². The van der Waals surface area contributed by atoms with Gasteiger partial charge in [-0.2, -0.15) is 0 Å². The Bertz CT molecular complexity index is 512. The van der Waals surface area contributed by atoms with E-state index >= 15 is 0 Å². The van der Waals surface area contributed by atoms with Crippen LogP contribution in [-0.4, -0.2) is 31.9 Å². The Hall–Kier alpha value is -1.91. The van der Waals surface area contributed by atoms with E-state index in [2.05, 4.69) is 6.58 Å². The molecule has 2 rings (SSSR count). The van der Waals surface area contributed by atoms with E-state index in [0.717, 1.165) is 5.57 Å². The van der Waals surface area contributed by atoms with Crippen LogP contribution in [0.4, 0.5) is 0 Å². The van der Waals surface area contributed by atoms with Crippen molar-refractivity contribution in [2.24, 2.45) is 10.8 Å². The zero-order valence-electron chi connectivity index (χ0n) is 11.2. The number of esters is 2. The average Bonchev–Trinajstić information content (AvgIpc) is 2.80. The predicted octanol–water partition coefficient (Wildman–Crippen LogP) is 1.18. The van der Waals surface area contributed by atoms with Gasteiger partial charge in [-0.25, -0.2) is 0 Å². The van der Waals surface area contributed by atoms with Crippen LogP contribution in [0.25, 0.3) is 0 Å². The van der Waals surface area contributed by atoms with Crippen molar-refractivity contribution in [2.75, 3.05) is 14.2 Å². The summed E-state index contributed by atoms with van der Waals surface area (Å²) in [4.78, 5) is 35.7. The molecule has 2 aliphatic rings. The van der Waals surface area contributed by atoms with Crippen LogP contribution >= 0.6 is 0 Å². The van der Waals surface area contributed by atoms with Gasteiger partial charge in [-0.1, -0.05) is 19.1 Å². The highest BCUT2D eigenvalue weighted by molar-refractivity contribution is 6.11. The maximum Gasteiger partial charge on any atom is 0.323 e. The predicted molar refractivity (Wildman–Crippen MR) is 66.0 cm³/mol. The molecule has 0 radical (unpaired) electrons. The van der Waals surface area contributed by atoms with Gasteiger partial charge in [-0.15, -0.1) is 0 Å². The smallest absolute Gasteiger partial charge is 0.323 e. The van der Waals surface area contributed by atoms with Gasteiger partial charge in [0.2, 0.25) is 0 Å². The van der Waals surface area contributed by atoms with Gasteiger partial charge >= 0.3 is 11.9 Å². The van der Waals surface area contributed by atoms with Crippen molar-refractivity contribution in [3.8, 4) is 0 Å². The fourth-order valence-electron chi connectivity index (χ4n) is 3.09. The van der Waals surface area contributed by atoms with Crippen LogP contribution in [0.3, 0.4) is 0 Å². The Morgan fingerprint density at radius 3 is 2.21 bits per heavy atom. The van der Waals surface area contributed by atoms with Gasteiger partial charge in [0.25, 0.3) is 0 Å². The minimum atomic E-state index is -1.37. The van der Waals surface area contributed by atoms with Gasteiger partial charge in [0.1, 0.15) is 0 Å². The minimum absolute atomic E-state index is 0.138. The molecule has 0 amide bonds. The molecule has 102 valence electrons. The van der Waals surface area contributed by atoms with Crippen LogP contribution in [0.1, 0.15) is 19.8 Å². The lowest BCUT2D eigenvalue weighted by atomic mass is 9.77. The van der Waals surface area contributed by atoms with Crippen molar-refractivity contribution in [1.82, 2.24) is 0 Å². The summed E-state index contributed by atoms with van der Waals surface area (Å²) in [5.74, 6) is -1.40. The second-order valence-electron chi connectivity index (χ2n) is 5.26. The molecule has 5 heteroatoms. The number of rotatable bonds is 2. The molecule has 1 saturated carbocycles. The first-order valence-electron chi connectivity index (χ1n) is 5.93. The molecule has 1 fully saturated rings. The summed E-state index contributed by atoms with van der Waals surface area (Å²) < 4.78 is 9.50. The summed E-state index contributed by atoms with van der Waals surface area (Å²) in [6, 6.07) is 0. The number of hydrogen-bond acceptors (Lipinski definition) is 5. The van der Waals surface area contributed by atoms with Gasteiger partial charge in [0.15, 0.2) is 11.2 Å². The molecule has 0 aliphatic heterocycles. The maximum atomic E-state index is 12.0. The maximum absolute atomic E-state index is 12.0. The minimum Gasteiger partial charge on any atom is -0.468 e. The van der Waals surface area contributed by atoms with Crippen molar-refractivity contribution in [2.45, 2.75) is 19.8 Å². The SMILES string of the molecule is C=C1C(=O)C=C2CC(C(=O)OC)(C(=O)OC)CC12C. The summed E-state index contributed by atoms with van der Waals surface area (Å²) in [6.45, 7) is 5.60. The molecule has 1 unspecified atom stereocenters. The molecule has 0 N–H and O–H groups in total. The van der Waals surface area contributed by atoms with E-state index in [-0.39, 0.29) is 18.6 Å². The second-order valence-corrected chi connectivity index (χ2v) is 5.26. The van der Waals surface area contributed by atoms with Crippen LogP contribution < -0.4 is 0 Å². The summed E-state index contributed by atoms with van der Waals surface area (Å²) in [5, 5.41) is 0. The fraction of sp³-hybridized carbons (Fsp3) is 0.500. The first kappa shape index (κ1) is 13.5. The first-order chi connectivity index (χ1) is 8.81. The molecule has 2 aliphatic carbocycles. The van der Waals surface area contributed by atoms with Crippen LogP contribution in [-0.2, 0) is 23.9 Å². The van der Waals surface area contributed by atoms with Gasteiger partial charge in [-0.05, 0) is 18.9 Å². The van der Waals surface area contributed by atoms with Crippen molar-refractivity contribution >= 4 is 17.7 Å². The molecule has 0 bridgehead atoms. The third-order valence-corrected chi connectivity index (χ3v) is 4.28. The zero-order valence-corrected chi connectivity index (χ0v) is 11.2. The highest BCUT2D eigenvalue weighted by Crippen LogP contribution is 2.59. The van der Waals surface area contributed by atoms with E-state index < -0.39 is 22.8 Å². The van der Waals surface area contributed by atoms with Crippen LogP contribution in [0.2, 0.25) is 0 Å². The number of carbonyl (C=O) groups excluding carboxylic acids is 3. The second kappa shape index (κ2) is 4.05.